The first-order valence-electron chi connectivity index (χ1n) is 4.48. The van der Waals surface area contributed by atoms with Gasteiger partial charge < -0.3 is 4.74 Å². The Balaban J connectivity index is 2.27. The van der Waals surface area contributed by atoms with E-state index in [1.54, 1.807) is 0 Å². The summed E-state index contributed by atoms with van der Waals surface area (Å²) in [5.74, 6) is -1.26. The first-order chi connectivity index (χ1) is 6.66. The van der Waals surface area contributed by atoms with Gasteiger partial charge in [-0.2, -0.15) is 0 Å². The minimum Gasteiger partial charge on any atom is -0.393 e. The summed E-state index contributed by atoms with van der Waals surface area (Å²) in [6.45, 7) is 1.97. The van der Waals surface area contributed by atoms with Gasteiger partial charge in [-0.15, -0.1) is 0 Å². The van der Waals surface area contributed by atoms with Crippen LogP contribution in [0.1, 0.15) is 23.5 Å². The molecular formula is C11H10O3. The molecule has 72 valence electrons. The van der Waals surface area contributed by atoms with E-state index in [0.29, 0.717) is 0 Å². The highest BCUT2D eigenvalue weighted by atomic mass is 16.6. The van der Waals surface area contributed by atoms with E-state index in [2.05, 4.69) is 4.74 Å². The number of hydrogen-bond acceptors (Lipinski definition) is 3. The summed E-state index contributed by atoms with van der Waals surface area (Å²) in [7, 11) is 0. The van der Waals surface area contributed by atoms with Crippen LogP contribution < -0.4 is 0 Å². The minimum atomic E-state index is -0.432. The van der Waals surface area contributed by atoms with Gasteiger partial charge >= 0.3 is 11.9 Å². The van der Waals surface area contributed by atoms with E-state index < -0.39 is 17.9 Å². The number of esters is 2. The van der Waals surface area contributed by atoms with Crippen molar-refractivity contribution >= 4 is 11.9 Å². The molecule has 3 heteroatoms. The SMILES string of the molecule is Cc1ccc(C2CC(=O)OC2=O)cc1. The highest BCUT2D eigenvalue weighted by Crippen LogP contribution is 2.27. The maximum Gasteiger partial charge on any atom is 0.321 e. The number of rotatable bonds is 1. The highest BCUT2D eigenvalue weighted by Gasteiger charge is 2.34. The van der Waals surface area contributed by atoms with Crippen molar-refractivity contribution in [3.8, 4) is 0 Å². The molecule has 0 amide bonds. The summed E-state index contributed by atoms with van der Waals surface area (Å²) < 4.78 is 4.48. The summed E-state index contributed by atoms with van der Waals surface area (Å²) in [5.41, 5.74) is 1.98. The molecule has 1 aromatic carbocycles. The maximum atomic E-state index is 11.2. The van der Waals surface area contributed by atoms with E-state index in [9.17, 15) is 9.59 Å². The summed E-state index contributed by atoms with van der Waals surface area (Å²) in [4.78, 5) is 22.1. The molecule has 1 fully saturated rings. The van der Waals surface area contributed by atoms with Gasteiger partial charge in [0.15, 0.2) is 0 Å². The molecule has 1 saturated heterocycles. The van der Waals surface area contributed by atoms with E-state index >= 15 is 0 Å². The van der Waals surface area contributed by atoms with Gasteiger partial charge in [0.2, 0.25) is 0 Å². The third kappa shape index (κ3) is 1.53. The Labute approximate surface area is 81.7 Å². The second-order valence-electron chi connectivity index (χ2n) is 3.46. The van der Waals surface area contributed by atoms with Crippen molar-refractivity contribution in [2.45, 2.75) is 19.3 Å². The van der Waals surface area contributed by atoms with Crippen molar-refractivity contribution < 1.29 is 14.3 Å². The fourth-order valence-corrected chi connectivity index (χ4v) is 1.53. The van der Waals surface area contributed by atoms with Gasteiger partial charge in [0, 0.05) is 0 Å². The van der Waals surface area contributed by atoms with Crippen molar-refractivity contribution in [2.75, 3.05) is 0 Å². The second kappa shape index (κ2) is 3.25. The zero-order chi connectivity index (χ0) is 10.1. The third-order valence-corrected chi connectivity index (χ3v) is 2.35. The fourth-order valence-electron chi connectivity index (χ4n) is 1.53. The Morgan fingerprint density at radius 3 is 2.36 bits per heavy atom. The van der Waals surface area contributed by atoms with E-state index in [1.165, 1.54) is 0 Å². The first-order valence-corrected chi connectivity index (χ1v) is 4.48. The van der Waals surface area contributed by atoms with Crippen molar-refractivity contribution in [3.63, 3.8) is 0 Å². The lowest BCUT2D eigenvalue weighted by Gasteiger charge is -2.04. The van der Waals surface area contributed by atoms with Crippen LogP contribution in [0.2, 0.25) is 0 Å². The van der Waals surface area contributed by atoms with Crippen molar-refractivity contribution in [2.24, 2.45) is 0 Å². The molecule has 1 aliphatic rings. The summed E-state index contributed by atoms with van der Waals surface area (Å²) >= 11 is 0. The number of carbonyl (C=O) groups excluding carboxylic acids is 2. The van der Waals surface area contributed by atoms with Gasteiger partial charge in [-0.1, -0.05) is 29.8 Å². The van der Waals surface area contributed by atoms with Gasteiger partial charge in [-0.25, -0.2) is 0 Å². The van der Waals surface area contributed by atoms with Crippen LogP contribution in [0, 0.1) is 6.92 Å². The van der Waals surface area contributed by atoms with Gasteiger partial charge in [0.25, 0.3) is 0 Å². The lowest BCUT2D eigenvalue weighted by atomic mass is 9.97. The molecule has 0 spiro atoms. The number of carbonyl (C=O) groups is 2. The molecule has 0 bridgehead atoms. The second-order valence-corrected chi connectivity index (χ2v) is 3.46. The van der Waals surface area contributed by atoms with E-state index in [1.807, 2.05) is 31.2 Å². The Bertz CT molecular complexity index is 378. The molecule has 0 radical (unpaired) electrons. The average Bonchev–Trinajstić information content (AvgIpc) is 2.47. The van der Waals surface area contributed by atoms with Crippen molar-refractivity contribution in [3.05, 3.63) is 35.4 Å². The lowest BCUT2D eigenvalue weighted by Crippen LogP contribution is -2.05. The largest absolute Gasteiger partial charge is 0.393 e. The molecule has 0 saturated carbocycles. The van der Waals surface area contributed by atoms with Crippen LogP contribution in [0.15, 0.2) is 24.3 Å². The van der Waals surface area contributed by atoms with Gasteiger partial charge in [0.1, 0.15) is 0 Å². The van der Waals surface area contributed by atoms with Crippen LogP contribution in [-0.4, -0.2) is 11.9 Å². The molecule has 0 aliphatic carbocycles. The Kier molecular flexibility index (Phi) is 2.08. The fraction of sp³-hybridized carbons (Fsp3) is 0.273. The predicted octanol–water partition coefficient (Wildman–Crippen LogP) is 1.55. The average molecular weight is 190 g/mol. The van der Waals surface area contributed by atoms with Crippen LogP contribution in [0.5, 0.6) is 0 Å². The monoisotopic (exact) mass is 190 g/mol. The van der Waals surface area contributed by atoms with Crippen LogP contribution in [0.4, 0.5) is 0 Å². The van der Waals surface area contributed by atoms with Crippen LogP contribution in [-0.2, 0) is 14.3 Å². The molecule has 0 aromatic heterocycles. The summed E-state index contributed by atoms with van der Waals surface area (Å²) in [6, 6.07) is 7.57. The Morgan fingerprint density at radius 1 is 1.21 bits per heavy atom. The molecule has 1 atom stereocenters. The van der Waals surface area contributed by atoms with Crippen LogP contribution >= 0.6 is 0 Å². The molecule has 0 N–H and O–H groups in total. The number of hydrogen-bond donors (Lipinski definition) is 0. The standard InChI is InChI=1S/C11H10O3/c1-7-2-4-8(5-3-7)9-6-10(12)14-11(9)13/h2-5,9H,6H2,1H3. The summed E-state index contributed by atoms with van der Waals surface area (Å²) in [5, 5.41) is 0. The molecular weight excluding hydrogens is 180 g/mol. The molecule has 1 aliphatic heterocycles. The first kappa shape index (κ1) is 8.94. The van der Waals surface area contributed by atoms with Crippen LogP contribution in [0.25, 0.3) is 0 Å². The zero-order valence-corrected chi connectivity index (χ0v) is 7.82. The zero-order valence-electron chi connectivity index (χ0n) is 7.82. The molecule has 1 aromatic rings. The van der Waals surface area contributed by atoms with E-state index in [4.69, 9.17) is 0 Å². The molecule has 1 heterocycles. The molecule has 1 unspecified atom stereocenters. The quantitative estimate of drug-likeness (QED) is 0.498. The van der Waals surface area contributed by atoms with Crippen LogP contribution in [0.3, 0.4) is 0 Å². The topological polar surface area (TPSA) is 43.4 Å². The number of cyclic esters (lactones) is 2. The normalized spacial score (nSPS) is 21.1. The minimum absolute atomic E-state index is 0.169. The van der Waals surface area contributed by atoms with Crippen molar-refractivity contribution in [1.29, 1.82) is 0 Å². The Morgan fingerprint density at radius 2 is 1.86 bits per heavy atom. The van der Waals surface area contributed by atoms with Gasteiger partial charge in [0.05, 0.1) is 12.3 Å². The van der Waals surface area contributed by atoms with E-state index in [-0.39, 0.29) is 6.42 Å². The highest BCUT2D eigenvalue weighted by molar-refractivity contribution is 5.97. The van der Waals surface area contributed by atoms with E-state index in [0.717, 1.165) is 11.1 Å². The van der Waals surface area contributed by atoms with Crippen molar-refractivity contribution in [1.82, 2.24) is 0 Å². The maximum absolute atomic E-state index is 11.2. The van der Waals surface area contributed by atoms with Gasteiger partial charge in [-0.05, 0) is 12.5 Å². The molecule has 14 heavy (non-hydrogen) atoms. The Hall–Kier alpha value is -1.64. The number of aryl methyl sites for hydroxylation is 1. The summed E-state index contributed by atoms with van der Waals surface area (Å²) in [6.07, 6.45) is 0.169. The third-order valence-electron chi connectivity index (χ3n) is 2.35. The molecule has 2 rings (SSSR count). The van der Waals surface area contributed by atoms with Gasteiger partial charge in [-0.3, -0.25) is 9.59 Å². The number of ether oxygens (including phenoxy) is 1. The number of benzene rings is 1. The lowest BCUT2D eigenvalue weighted by molar-refractivity contribution is -0.152. The molecule has 3 nitrogen and oxygen atoms in total. The predicted molar refractivity (Wildman–Crippen MR) is 49.6 cm³/mol. The smallest absolute Gasteiger partial charge is 0.321 e.